The van der Waals surface area contributed by atoms with Gasteiger partial charge in [-0.25, -0.2) is 0 Å². The molecule has 2 atom stereocenters. The zero-order valence-corrected chi connectivity index (χ0v) is 14.7. The molecule has 1 aliphatic heterocycles. The second kappa shape index (κ2) is 8.52. The summed E-state index contributed by atoms with van der Waals surface area (Å²) in [5.41, 5.74) is 0.724. The summed E-state index contributed by atoms with van der Waals surface area (Å²) in [6.45, 7) is 7.27. The lowest BCUT2D eigenvalue weighted by atomic mass is 10.1. The van der Waals surface area contributed by atoms with Crippen molar-refractivity contribution in [3.8, 4) is 5.75 Å². The highest BCUT2D eigenvalue weighted by atomic mass is 35.5. The molecule has 0 spiro atoms. The van der Waals surface area contributed by atoms with Crippen LogP contribution in [0.25, 0.3) is 0 Å². The zero-order valence-electron chi connectivity index (χ0n) is 14.0. The molecule has 1 heterocycles. The number of nitrogens with one attached hydrogen (secondary N) is 1. The number of nitrogens with zero attached hydrogens (tertiary/aromatic N) is 1. The molecule has 1 aromatic rings. The Bertz CT molecular complexity index is 539. The molecule has 0 bridgehead atoms. The smallest absolute Gasteiger partial charge is 0.224 e. The molecule has 0 aromatic heterocycles. The van der Waals surface area contributed by atoms with Crippen molar-refractivity contribution in [3.05, 3.63) is 28.8 Å². The molecule has 1 aromatic carbocycles. The fraction of sp³-hybridized carbons (Fsp3) is 0.588. The van der Waals surface area contributed by atoms with Gasteiger partial charge in [-0.1, -0.05) is 17.7 Å². The monoisotopic (exact) mass is 340 g/mol. The molecule has 1 N–H and O–H groups in total. The zero-order chi connectivity index (χ0) is 16.8. The molecular formula is C17H25ClN2O3. The first-order valence-electron chi connectivity index (χ1n) is 7.94. The van der Waals surface area contributed by atoms with E-state index < -0.39 is 0 Å². The third-order valence-corrected chi connectivity index (χ3v) is 4.57. The third-order valence-electron chi connectivity index (χ3n) is 4.21. The maximum Gasteiger partial charge on any atom is 0.224 e. The largest absolute Gasteiger partial charge is 0.496 e. The molecule has 6 heteroatoms. The lowest BCUT2D eigenvalue weighted by molar-refractivity contribution is -0.120. The van der Waals surface area contributed by atoms with Crippen molar-refractivity contribution in [3.63, 3.8) is 0 Å². The Morgan fingerprint density at radius 3 is 3.04 bits per heavy atom. The van der Waals surface area contributed by atoms with E-state index in [1.165, 1.54) is 0 Å². The second-order valence-corrected chi connectivity index (χ2v) is 6.32. The highest BCUT2D eigenvalue weighted by Crippen LogP contribution is 2.26. The van der Waals surface area contributed by atoms with Gasteiger partial charge in [0.05, 0.1) is 26.7 Å². The summed E-state index contributed by atoms with van der Waals surface area (Å²) < 4.78 is 10.7. The minimum Gasteiger partial charge on any atom is -0.496 e. The van der Waals surface area contributed by atoms with Crippen LogP contribution in [0.5, 0.6) is 5.75 Å². The summed E-state index contributed by atoms with van der Waals surface area (Å²) in [6.07, 6.45) is 0.216. The van der Waals surface area contributed by atoms with Crippen LogP contribution in [0.4, 0.5) is 0 Å². The molecule has 1 saturated heterocycles. The van der Waals surface area contributed by atoms with Crippen molar-refractivity contribution >= 4 is 17.5 Å². The van der Waals surface area contributed by atoms with Gasteiger partial charge < -0.3 is 14.8 Å². The van der Waals surface area contributed by atoms with Gasteiger partial charge in [-0.05, 0) is 26.0 Å². The summed E-state index contributed by atoms with van der Waals surface area (Å²) in [5.74, 6) is 0.590. The maximum atomic E-state index is 12.2. The number of ether oxygens (including phenoxy) is 2. The standard InChI is InChI=1S/C17H25ClN2O3/c1-12(20-7-8-23-11-13(20)2)10-19-17(21)9-14-15(18)5-4-6-16(14)22-3/h4-6,12-13H,7-11H2,1-3H3,(H,19,21)/t12-,13+/m1/s1. The summed E-state index contributed by atoms with van der Waals surface area (Å²) in [6, 6.07) is 6.03. The van der Waals surface area contributed by atoms with Crippen molar-refractivity contribution in [2.75, 3.05) is 33.4 Å². The maximum absolute atomic E-state index is 12.2. The van der Waals surface area contributed by atoms with Crippen molar-refractivity contribution in [2.24, 2.45) is 0 Å². The van der Waals surface area contributed by atoms with Gasteiger partial charge in [0.25, 0.3) is 0 Å². The number of benzene rings is 1. The average molecular weight is 341 g/mol. The number of rotatable bonds is 6. The quantitative estimate of drug-likeness (QED) is 0.861. The fourth-order valence-electron chi connectivity index (χ4n) is 2.90. The van der Waals surface area contributed by atoms with Gasteiger partial charge in [0, 0.05) is 35.8 Å². The first-order valence-corrected chi connectivity index (χ1v) is 8.32. The van der Waals surface area contributed by atoms with Gasteiger partial charge in [-0.15, -0.1) is 0 Å². The number of hydrogen-bond donors (Lipinski definition) is 1. The molecule has 128 valence electrons. The number of halogens is 1. The number of amides is 1. The second-order valence-electron chi connectivity index (χ2n) is 5.91. The molecule has 1 amide bonds. The van der Waals surface area contributed by atoms with E-state index in [9.17, 15) is 4.79 Å². The molecule has 1 fully saturated rings. The lowest BCUT2D eigenvalue weighted by Crippen LogP contribution is -2.52. The Balaban J connectivity index is 1.88. The van der Waals surface area contributed by atoms with E-state index in [1.807, 2.05) is 12.1 Å². The number of methoxy groups -OCH3 is 1. The van der Waals surface area contributed by atoms with Crippen molar-refractivity contribution in [1.29, 1.82) is 0 Å². The number of carbonyl (C=O) groups excluding carboxylic acids is 1. The van der Waals surface area contributed by atoms with Crippen LogP contribution in [0.3, 0.4) is 0 Å². The molecule has 2 rings (SSSR count). The van der Waals surface area contributed by atoms with Gasteiger partial charge in [0.15, 0.2) is 0 Å². The molecule has 0 saturated carbocycles. The summed E-state index contributed by atoms with van der Waals surface area (Å²) >= 11 is 6.17. The fourth-order valence-corrected chi connectivity index (χ4v) is 3.13. The van der Waals surface area contributed by atoms with Crippen LogP contribution in [-0.4, -0.2) is 56.3 Å². The number of carbonyl (C=O) groups is 1. The van der Waals surface area contributed by atoms with E-state index in [2.05, 4.69) is 24.1 Å². The highest BCUT2D eigenvalue weighted by molar-refractivity contribution is 6.31. The van der Waals surface area contributed by atoms with Crippen LogP contribution in [0.15, 0.2) is 18.2 Å². The van der Waals surface area contributed by atoms with E-state index in [0.29, 0.717) is 23.4 Å². The number of morpholine rings is 1. The highest BCUT2D eigenvalue weighted by Gasteiger charge is 2.24. The predicted octanol–water partition coefficient (Wildman–Crippen LogP) is 2.12. The molecule has 0 unspecified atom stereocenters. The molecule has 1 aliphatic rings. The van der Waals surface area contributed by atoms with Gasteiger partial charge in [-0.3, -0.25) is 9.69 Å². The van der Waals surface area contributed by atoms with Crippen molar-refractivity contribution < 1.29 is 14.3 Å². The molecule has 5 nitrogen and oxygen atoms in total. The van der Waals surface area contributed by atoms with E-state index in [0.717, 1.165) is 25.3 Å². The summed E-state index contributed by atoms with van der Waals surface area (Å²) in [7, 11) is 1.58. The van der Waals surface area contributed by atoms with Crippen molar-refractivity contribution in [1.82, 2.24) is 10.2 Å². The van der Waals surface area contributed by atoms with Crippen molar-refractivity contribution in [2.45, 2.75) is 32.4 Å². The molecule has 23 heavy (non-hydrogen) atoms. The van der Waals surface area contributed by atoms with E-state index >= 15 is 0 Å². The SMILES string of the molecule is COc1cccc(Cl)c1CC(=O)NC[C@@H](C)N1CCOC[C@@H]1C. The van der Waals surface area contributed by atoms with Gasteiger partial charge in [0.2, 0.25) is 5.91 Å². The lowest BCUT2D eigenvalue weighted by Gasteiger charge is -2.37. The van der Waals surface area contributed by atoms with E-state index in [1.54, 1.807) is 13.2 Å². The predicted molar refractivity (Wildman–Crippen MR) is 91.2 cm³/mol. The van der Waals surface area contributed by atoms with Crippen LogP contribution in [0.2, 0.25) is 5.02 Å². The van der Waals surface area contributed by atoms with Crippen LogP contribution >= 0.6 is 11.6 Å². The van der Waals surface area contributed by atoms with Crippen LogP contribution in [0, 0.1) is 0 Å². The topological polar surface area (TPSA) is 50.8 Å². The third kappa shape index (κ3) is 4.83. The Kier molecular flexibility index (Phi) is 6.69. The van der Waals surface area contributed by atoms with E-state index in [4.69, 9.17) is 21.1 Å². The first kappa shape index (κ1) is 18.0. The first-order chi connectivity index (χ1) is 11.0. The van der Waals surface area contributed by atoms with E-state index in [-0.39, 0.29) is 18.4 Å². The molecule has 0 aliphatic carbocycles. The van der Waals surface area contributed by atoms with Gasteiger partial charge in [-0.2, -0.15) is 0 Å². The van der Waals surface area contributed by atoms with Crippen LogP contribution < -0.4 is 10.1 Å². The summed E-state index contributed by atoms with van der Waals surface area (Å²) in [5, 5.41) is 3.54. The normalized spacial score (nSPS) is 20.1. The summed E-state index contributed by atoms with van der Waals surface area (Å²) in [4.78, 5) is 14.6. The van der Waals surface area contributed by atoms with Crippen LogP contribution in [0.1, 0.15) is 19.4 Å². The average Bonchev–Trinajstić information content (AvgIpc) is 2.55. The Labute approximate surface area is 142 Å². The molecular weight excluding hydrogens is 316 g/mol. The molecule has 0 radical (unpaired) electrons. The van der Waals surface area contributed by atoms with Gasteiger partial charge >= 0.3 is 0 Å². The Morgan fingerprint density at radius 1 is 1.57 bits per heavy atom. The number of hydrogen-bond acceptors (Lipinski definition) is 4. The van der Waals surface area contributed by atoms with Gasteiger partial charge in [0.1, 0.15) is 5.75 Å². The van der Waals surface area contributed by atoms with Crippen LogP contribution in [-0.2, 0) is 16.0 Å². The minimum absolute atomic E-state index is 0.0517. The minimum atomic E-state index is -0.0517. The Morgan fingerprint density at radius 2 is 2.35 bits per heavy atom. The Hall–Kier alpha value is -1.30.